The van der Waals surface area contributed by atoms with E-state index in [-0.39, 0.29) is 5.75 Å². The molecule has 0 aliphatic carbocycles. The molecule has 0 aromatic carbocycles. The molecule has 5 heteroatoms. The highest BCUT2D eigenvalue weighted by Crippen LogP contribution is 2.08. The predicted molar refractivity (Wildman–Crippen MR) is 67.5 cm³/mol. The van der Waals surface area contributed by atoms with Crippen molar-refractivity contribution < 1.29 is 8.42 Å². The van der Waals surface area contributed by atoms with Gasteiger partial charge in [-0.15, -0.1) is 0 Å². The molecule has 0 amide bonds. The zero-order chi connectivity index (χ0) is 12.2. The van der Waals surface area contributed by atoms with Crippen LogP contribution in [0, 0.1) is 0 Å². The zero-order valence-corrected chi connectivity index (χ0v) is 11.5. The number of hydrogen-bond acceptors (Lipinski definition) is 4. The Labute approximate surface area is 99.5 Å². The van der Waals surface area contributed by atoms with Gasteiger partial charge in [-0.1, -0.05) is 6.92 Å². The Morgan fingerprint density at radius 1 is 1.19 bits per heavy atom. The van der Waals surface area contributed by atoms with Crippen LogP contribution in [-0.2, 0) is 9.84 Å². The Bertz CT molecular complexity index is 295. The Hall–Kier alpha value is -0.130. The summed E-state index contributed by atoms with van der Waals surface area (Å²) in [5, 5.41) is 0. The van der Waals surface area contributed by atoms with Crippen LogP contribution < -0.4 is 0 Å². The maximum atomic E-state index is 11.1. The van der Waals surface area contributed by atoms with E-state index in [1.165, 1.54) is 12.7 Å². The molecule has 0 aromatic heterocycles. The van der Waals surface area contributed by atoms with E-state index in [2.05, 4.69) is 23.6 Å². The molecule has 0 saturated carbocycles. The first-order valence-corrected chi connectivity index (χ1v) is 8.12. The third kappa shape index (κ3) is 4.80. The summed E-state index contributed by atoms with van der Waals surface area (Å²) in [6, 6.07) is 0.650. The second-order valence-corrected chi connectivity index (χ2v) is 7.02. The van der Waals surface area contributed by atoms with E-state index in [1.807, 2.05) is 0 Å². The van der Waals surface area contributed by atoms with E-state index in [0.29, 0.717) is 12.6 Å². The highest BCUT2D eigenvalue weighted by molar-refractivity contribution is 7.90. The fourth-order valence-corrected chi connectivity index (χ4v) is 2.57. The molecule has 1 saturated heterocycles. The lowest BCUT2D eigenvalue weighted by Crippen LogP contribution is -2.50. The minimum absolute atomic E-state index is 0.288. The van der Waals surface area contributed by atoms with Crippen LogP contribution in [0.2, 0.25) is 0 Å². The second-order valence-electron chi connectivity index (χ2n) is 4.76. The van der Waals surface area contributed by atoms with E-state index < -0.39 is 9.84 Å². The van der Waals surface area contributed by atoms with Crippen LogP contribution in [0.3, 0.4) is 0 Å². The number of rotatable bonds is 5. The molecule has 0 aromatic rings. The van der Waals surface area contributed by atoms with Crippen LogP contribution >= 0.6 is 0 Å². The van der Waals surface area contributed by atoms with Crippen LogP contribution in [0.5, 0.6) is 0 Å². The highest BCUT2D eigenvalue weighted by Gasteiger charge is 2.20. The molecule has 1 aliphatic heterocycles. The van der Waals surface area contributed by atoms with Gasteiger partial charge in [0.15, 0.2) is 0 Å². The van der Waals surface area contributed by atoms with E-state index in [0.717, 1.165) is 26.2 Å². The van der Waals surface area contributed by atoms with Gasteiger partial charge in [-0.25, -0.2) is 8.42 Å². The fraction of sp³-hybridized carbons (Fsp3) is 1.00. The highest BCUT2D eigenvalue weighted by atomic mass is 32.2. The lowest BCUT2D eigenvalue weighted by atomic mass is 10.2. The Morgan fingerprint density at radius 3 is 2.19 bits per heavy atom. The summed E-state index contributed by atoms with van der Waals surface area (Å²) in [6.07, 6.45) is 2.49. The van der Waals surface area contributed by atoms with Crippen molar-refractivity contribution in [3.63, 3.8) is 0 Å². The molecule has 1 unspecified atom stereocenters. The van der Waals surface area contributed by atoms with Crippen molar-refractivity contribution in [2.45, 2.75) is 26.3 Å². The lowest BCUT2D eigenvalue weighted by Gasteiger charge is -2.37. The van der Waals surface area contributed by atoms with Gasteiger partial charge in [0.2, 0.25) is 0 Å². The lowest BCUT2D eigenvalue weighted by molar-refractivity contribution is 0.105. The number of hydrogen-bond donors (Lipinski definition) is 0. The van der Waals surface area contributed by atoms with Gasteiger partial charge in [0.25, 0.3) is 0 Å². The van der Waals surface area contributed by atoms with Gasteiger partial charge >= 0.3 is 0 Å². The van der Waals surface area contributed by atoms with Gasteiger partial charge < -0.3 is 0 Å². The third-order valence-electron chi connectivity index (χ3n) is 3.40. The largest absolute Gasteiger partial charge is 0.300 e. The van der Waals surface area contributed by atoms with Crippen molar-refractivity contribution in [1.82, 2.24) is 9.80 Å². The Balaban J connectivity index is 2.27. The summed E-state index contributed by atoms with van der Waals surface area (Å²) in [5.74, 6) is 0.288. The normalized spacial score (nSPS) is 22.2. The summed E-state index contributed by atoms with van der Waals surface area (Å²) >= 11 is 0. The van der Waals surface area contributed by atoms with Gasteiger partial charge in [-0.3, -0.25) is 9.80 Å². The molecule has 1 aliphatic rings. The van der Waals surface area contributed by atoms with Crippen molar-refractivity contribution in [2.24, 2.45) is 0 Å². The standard InChI is InChI=1S/C11H24N2O2S/c1-4-11(2)13-7-5-12(6-8-13)9-10-16(3,14)15/h11H,4-10H2,1-3H3. The molecule has 0 bridgehead atoms. The monoisotopic (exact) mass is 248 g/mol. The van der Waals surface area contributed by atoms with Gasteiger partial charge in [0.1, 0.15) is 9.84 Å². The van der Waals surface area contributed by atoms with Crippen molar-refractivity contribution in [1.29, 1.82) is 0 Å². The number of piperazine rings is 1. The average Bonchev–Trinajstić information content (AvgIpc) is 2.25. The molecule has 1 fully saturated rings. The van der Waals surface area contributed by atoms with E-state index in [4.69, 9.17) is 0 Å². The molecule has 1 heterocycles. The third-order valence-corrected chi connectivity index (χ3v) is 4.32. The summed E-state index contributed by atoms with van der Waals surface area (Å²) in [7, 11) is -2.81. The van der Waals surface area contributed by atoms with Gasteiger partial charge in [0.05, 0.1) is 5.75 Å². The number of sulfone groups is 1. The van der Waals surface area contributed by atoms with E-state index in [1.54, 1.807) is 0 Å². The van der Waals surface area contributed by atoms with Gasteiger partial charge in [-0.05, 0) is 13.3 Å². The first-order chi connectivity index (χ1) is 7.42. The SMILES string of the molecule is CCC(C)N1CCN(CCS(C)(=O)=O)CC1. The van der Waals surface area contributed by atoms with Crippen LogP contribution in [0.15, 0.2) is 0 Å². The molecule has 0 radical (unpaired) electrons. The molecular formula is C11H24N2O2S. The zero-order valence-electron chi connectivity index (χ0n) is 10.6. The average molecular weight is 248 g/mol. The van der Waals surface area contributed by atoms with Crippen LogP contribution in [-0.4, -0.2) is 69.0 Å². The quantitative estimate of drug-likeness (QED) is 0.708. The Morgan fingerprint density at radius 2 is 1.75 bits per heavy atom. The summed E-state index contributed by atoms with van der Waals surface area (Å²) in [4.78, 5) is 4.73. The second kappa shape index (κ2) is 5.98. The van der Waals surface area contributed by atoms with Crippen molar-refractivity contribution in [2.75, 3.05) is 44.7 Å². The smallest absolute Gasteiger partial charge is 0.148 e. The van der Waals surface area contributed by atoms with Crippen molar-refractivity contribution >= 4 is 9.84 Å². The number of nitrogens with zero attached hydrogens (tertiary/aromatic N) is 2. The molecular weight excluding hydrogens is 224 g/mol. The topological polar surface area (TPSA) is 40.6 Å². The minimum Gasteiger partial charge on any atom is -0.300 e. The fourth-order valence-electron chi connectivity index (χ4n) is 1.98. The minimum atomic E-state index is -2.81. The summed E-state index contributed by atoms with van der Waals surface area (Å²) in [6.45, 7) is 9.29. The molecule has 96 valence electrons. The first kappa shape index (κ1) is 13.9. The summed E-state index contributed by atoms with van der Waals surface area (Å²) in [5.41, 5.74) is 0. The van der Waals surface area contributed by atoms with E-state index in [9.17, 15) is 8.42 Å². The molecule has 0 N–H and O–H groups in total. The van der Waals surface area contributed by atoms with Gasteiger partial charge in [0, 0.05) is 45.0 Å². The van der Waals surface area contributed by atoms with Crippen molar-refractivity contribution in [3.8, 4) is 0 Å². The molecule has 1 atom stereocenters. The van der Waals surface area contributed by atoms with Crippen LogP contribution in [0.1, 0.15) is 20.3 Å². The summed E-state index contributed by atoms with van der Waals surface area (Å²) < 4.78 is 22.1. The predicted octanol–water partition coefficient (Wildman–Crippen LogP) is 0.447. The maximum absolute atomic E-state index is 11.1. The van der Waals surface area contributed by atoms with Crippen LogP contribution in [0.25, 0.3) is 0 Å². The Kier molecular flexibility index (Phi) is 5.21. The first-order valence-electron chi connectivity index (χ1n) is 6.06. The maximum Gasteiger partial charge on any atom is 0.148 e. The molecule has 1 rings (SSSR count). The van der Waals surface area contributed by atoms with Crippen LogP contribution in [0.4, 0.5) is 0 Å². The molecule has 4 nitrogen and oxygen atoms in total. The van der Waals surface area contributed by atoms with Gasteiger partial charge in [-0.2, -0.15) is 0 Å². The van der Waals surface area contributed by atoms with E-state index >= 15 is 0 Å². The van der Waals surface area contributed by atoms with Crippen molar-refractivity contribution in [3.05, 3.63) is 0 Å². The molecule has 16 heavy (non-hydrogen) atoms. The molecule has 0 spiro atoms.